The predicted molar refractivity (Wildman–Crippen MR) is 149 cm³/mol. The van der Waals surface area contributed by atoms with E-state index in [9.17, 15) is 0 Å². The number of hydrogen-bond acceptors (Lipinski definition) is 4. The van der Waals surface area contributed by atoms with E-state index in [1.54, 1.807) is 0 Å². The third kappa shape index (κ3) is 15.4. The smallest absolute Gasteiger partial charge is 0.0649 e. The summed E-state index contributed by atoms with van der Waals surface area (Å²) in [5.41, 5.74) is 2.49. The first-order valence-electron chi connectivity index (χ1n) is 13.5. The van der Waals surface area contributed by atoms with Crippen molar-refractivity contribution in [1.82, 2.24) is 4.90 Å². The fraction of sp³-hybridized carbons (Fsp3) is 0.793. The molecule has 2 rings (SSSR count). The normalized spacial score (nSPS) is 14.2. The van der Waals surface area contributed by atoms with Crippen LogP contribution in [0.25, 0.3) is 0 Å². The first kappa shape index (κ1) is 34.1. The van der Waals surface area contributed by atoms with Crippen LogP contribution in [0.3, 0.4) is 0 Å². The molecule has 0 bridgehead atoms. The molecular formula is C29H58N2O2. The Bertz CT molecular complexity index is 547. The van der Waals surface area contributed by atoms with E-state index < -0.39 is 0 Å². The lowest BCUT2D eigenvalue weighted by Crippen LogP contribution is -2.47. The second-order valence-corrected chi connectivity index (χ2v) is 8.98. The van der Waals surface area contributed by atoms with Gasteiger partial charge < -0.3 is 14.4 Å². The van der Waals surface area contributed by atoms with Crippen molar-refractivity contribution in [2.75, 3.05) is 50.8 Å². The summed E-state index contributed by atoms with van der Waals surface area (Å²) in [6.07, 6.45) is 1.96. The third-order valence-electron chi connectivity index (χ3n) is 5.72. The minimum atomic E-state index is -0.131. The fourth-order valence-corrected chi connectivity index (χ4v) is 3.18. The molecule has 4 nitrogen and oxygen atoms in total. The molecule has 4 heteroatoms. The van der Waals surface area contributed by atoms with Crippen molar-refractivity contribution < 1.29 is 9.47 Å². The number of rotatable bonds is 10. The minimum absolute atomic E-state index is 0.0345. The molecule has 0 aromatic heterocycles. The lowest BCUT2D eigenvalue weighted by Gasteiger charge is -2.36. The van der Waals surface area contributed by atoms with Crippen LogP contribution in [0.15, 0.2) is 24.3 Å². The largest absolute Gasteiger partial charge is 0.375 e. The van der Waals surface area contributed by atoms with Gasteiger partial charge in [-0.05, 0) is 59.6 Å². The van der Waals surface area contributed by atoms with E-state index in [-0.39, 0.29) is 11.2 Å². The van der Waals surface area contributed by atoms with Gasteiger partial charge in [0.15, 0.2) is 0 Å². The Morgan fingerprint density at radius 2 is 1.21 bits per heavy atom. The Hall–Kier alpha value is -1.10. The Kier molecular flexibility index (Phi) is 19.9. The van der Waals surface area contributed by atoms with Crippen LogP contribution >= 0.6 is 0 Å². The van der Waals surface area contributed by atoms with Crippen molar-refractivity contribution in [2.45, 2.75) is 107 Å². The van der Waals surface area contributed by atoms with Gasteiger partial charge >= 0.3 is 0 Å². The molecule has 0 spiro atoms. The highest BCUT2D eigenvalue weighted by atomic mass is 16.5. The molecule has 1 aromatic rings. The number of benzene rings is 1. The minimum Gasteiger partial charge on any atom is -0.375 e. The van der Waals surface area contributed by atoms with Gasteiger partial charge in [0.1, 0.15) is 0 Å². The number of hydrogen-bond donors (Lipinski definition) is 0. The number of anilines is 1. The molecule has 1 aliphatic heterocycles. The first-order valence-corrected chi connectivity index (χ1v) is 13.5. The summed E-state index contributed by atoms with van der Waals surface area (Å²) in [6, 6.07) is 8.86. The first-order chi connectivity index (χ1) is 15.7. The molecule has 0 radical (unpaired) electrons. The summed E-state index contributed by atoms with van der Waals surface area (Å²) in [6.45, 7) is 31.9. The van der Waals surface area contributed by atoms with Crippen LogP contribution < -0.4 is 4.90 Å². The highest BCUT2D eigenvalue weighted by Crippen LogP contribution is 2.20. The maximum Gasteiger partial charge on any atom is 0.0649 e. The van der Waals surface area contributed by atoms with E-state index in [0.717, 1.165) is 58.8 Å². The summed E-state index contributed by atoms with van der Waals surface area (Å²) < 4.78 is 12.1. The molecule has 0 aliphatic carbocycles. The molecule has 1 saturated heterocycles. The van der Waals surface area contributed by atoms with Crippen molar-refractivity contribution in [1.29, 1.82) is 0 Å². The molecule has 196 valence electrons. The lowest BCUT2D eigenvalue weighted by atomic mass is 10.0. The van der Waals surface area contributed by atoms with Crippen LogP contribution in [0.2, 0.25) is 0 Å². The van der Waals surface area contributed by atoms with Gasteiger partial charge in [0.05, 0.1) is 24.4 Å². The van der Waals surface area contributed by atoms with Crippen LogP contribution in [0.5, 0.6) is 0 Å². The predicted octanol–water partition coefficient (Wildman–Crippen LogP) is 7.59. The van der Waals surface area contributed by atoms with Crippen LogP contribution in [0.1, 0.15) is 94.6 Å². The van der Waals surface area contributed by atoms with Crippen LogP contribution in [0, 0.1) is 6.92 Å². The maximum absolute atomic E-state index is 6.17. The van der Waals surface area contributed by atoms with Gasteiger partial charge in [-0.15, -0.1) is 0 Å². The van der Waals surface area contributed by atoms with Gasteiger partial charge in [-0.2, -0.15) is 0 Å². The summed E-state index contributed by atoms with van der Waals surface area (Å²) in [4.78, 5) is 4.99. The van der Waals surface area contributed by atoms with Gasteiger partial charge in [-0.1, -0.05) is 66.2 Å². The summed E-state index contributed by atoms with van der Waals surface area (Å²) in [5.74, 6) is 0. The fourth-order valence-electron chi connectivity index (χ4n) is 3.18. The molecule has 1 aliphatic rings. The topological polar surface area (TPSA) is 24.9 Å². The second-order valence-electron chi connectivity index (χ2n) is 8.98. The van der Waals surface area contributed by atoms with E-state index in [4.69, 9.17) is 9.47 Å². The van der Waals surface area contributed by atoms with E-state index >= 15 is 0 Å². The summed E-state index contributed by atoms with van der Waals surface area (Å²) in [7, 11) is 0. The molecule has 0 amide bonds. The number of ether oxygens (including phenoxy) is 2. The summed E-state index contributed by atoms with van der Waals surface area (Å²) >= 11 is 0. The molecule has 1 fully saturated rings. The van der Waals surface area contributed by atoms with Crippen LogP contribution in [0.4, 0.5) is 5.69 Å². The van der Waals surface area contributed by atoms with Gasteiger partial charge in [0.2, 0.25) is 0 Å². The van der Waals surface area contributed by atoms with Gasteiger partial charge in [0, 0.05) is 38.4 Å². The Morgan fingerprint density at radius 1 is 0.727 bits per heavy atom. The molecule has 0 saturated carbocycles. The quantitative estimate of drug-likeness (QED) is 0.355. The molecule has 0 N–H and O–H groups in total. The Morgan fingerprint density at radius 3 is 1.70 bits per heavy atom. The number of aryl methyl sites for hydroxylation is 1. The zero-order valence-electron chi connectivity index (χ0n) is 24.4. The van der Waals surface area contributed by atoms with E-state index in [1.165, 1.54) is 11.3 Å². The van der Waals surface area contributed by atoms with E-state index in [0.29, 0.717) is 0 Å². The lowest BCUT2D eigenvalue weighted by molar-refractivity contribution is -0.0760. The van der Waals surface area contributed by atoms with Crippen molar-refractivity contribution in [3.63, 3.8) is 0 Å². The van der Waals surface area contributed by atoms with E-state index in [2.05, 4.69) is 75.6 Å². The Labute approximate surface area is 208 Å². The molecule has 1 heterocycles. The van der Waals surface area contributed by atoms with Crippen LogP contribution in [-0.2, 0) is 9.47 Å². The second kappa shape index (κ2) is 19.2. The monoisotopic (exact) mass is 466 g/mol. The van der Waals surface area contributed by atoms with Crippen molar-refractivity contribution in [2.24, 2.45) is 0 Å². The zero-order chi connectivity index (χ0) is 25.9. The van der Waals surface area contributed by atoms with E-state index in [1.807, 2.05) is 41.5 Å². The SMILES string of the molecule is CC.CC.CC.CCC(C)(C)OCCC(C)(C)OCCN1CCN(c2ccc(C)cc2)CC1. The summed E-state index contributed by atoms with van der Waals surface area (Å²) in [5, 5.41) is 0. The van der Waals surface area contributed by atoms with Crippen molar-refractivity contribution in [3.05, 3.63) is 29.8 Å². The highest BCUT2D eigenvalue weighted by molar-refractivity contribution is 5.47. The standard InChI is InChI=1S/C23H40N2O2.3C2H6/c1-7-22(3,4)26-18-12-23(5,6)27-19-17-24-13-15-25(16-14-24)21-10-8-20(2)9-11-21;3*1-2/h8-11H,7,12-19H2,1-6H3;3*1-2H3. The van der Waals surface area contributed by atoms with Gasteiger partial charge in [-0.25, -0.2) is 0 Å². The molecule has 1 aromatic carbocycles. The highest BCUT2D eigenvalue weighted by Gasteiger charge is 2.22. The molecule has 0 unspecified atom stereocenters. The molecule has 0 atom stereocenters. The Balaban J connectivity index is 0. The molecule has 33 heavy (non-hydrogen) atoms. The van der Waals surface area contributed by atoms with Crippen LogP contribution in [-0.4, -0.2) is 62.0 Å². The zero-order valence-corrected chi connectivity index (χ0v) is 24.4. The van der Waals surface area contributed by atoms with Gasteiger partial charge in [-0.3, -0.25) is 4.90 Å². The van der Waals surface area contributed by atoms with Gasteiger partial charge in [0.25, 0.3) is 0 Å². The number of piperazine rings is 1. The number of nitrogens with zero attached hydrogens (tertiary/aromatic N) is 2. The van der Waals surface area contributed by atoms with Crippen molar-refractivity contribution in [3.8, 4) is 0 Å². The maximum atomic E-state index is 6.17. The third-order valence-corrected chi connectivity index (χ3v) is 5.72. The average molecular weight is 467 g/mol. The van der Waals surface area contributed by atoms with Crippen molar-refractivity contribution >= 4 is 5.69 Å². The average Bonchev–Trinajstić information content (AvgIpc) is 2.83. The molecular weight excluding hydrogens is 408 g/mol.